The van der Waals surface area contributed by atoms with Crippen LogP contribution in [0.1, 0.15) is 24.8 Å². The molecule has 0 aliphatic rings. The van der Waals surface area contributed by atoms with Gasteiger partial charge >= 0.3 is 0 Å². The summed E-state index contributed by atoms with van der Waals surface area (Å²) in [7, 11) is 1.73. The lowest BCUT2D eigenvalue weighted by molar-refractivity contribution is -0.119. The molecular formula is C16H17ClN2O. The summed E-state index contributed by atoms with van der Waals surface area (Å²) in [6.45, 7) is 2.01. The molecule has 0 radical (unpaired) electrons. The summed E-state index contributed by atoms with van der Waals surface area (Å²) in [5.41, 5.74) is 1.65. The summed E-state index contributed by atoms with van der Waals surface area (Å²) in [4.78, 5) is 18.3. The maximum absolute atomic E-state index is 12.7. The molecule has 0 saturated carbocycles. The first kappa shape index (κ1) is 14.5. The average Bonchev–Trinajstić information content (AvgIpc) is 2.49. The highest BCUT2D eigenvalue weighted by molar-refractivity contribution is 6.32. The van der Waals surface area contributed by atoms with E-state index in [2.05, 4.69) is 4.98 Å². The maximum atomic E-state index is 12.7. The molecule has 0 aliphatic heterocycles. The maximum Gasteiger partial charge on any atom is 0.234 e. The Balaban J connectivity index is 2.28. The molecular weight excluding hydrogens is 272 g/mol. The molecule has 2 aromatic rings. The Bertz CT molecular complexity index is 586. The fourth-order valence-electron chi connectivity index (χ4n) is 2.22. The summed E-state index contributed by atoms with van der Waals surface area (Å²) in [6.07, 6.45) is 2.35. The van der Waals surface area contributed by atoms with Gasteiger partial charge in [0.1, 0.15) is 0 Å². The van der Waals surface area contributed by atoms with Gasteiger partial charge < -0.3 is 4.90 Å². The van der Waals surface area contributed by atoms with Crippen LogP contribution in [0.5, 0.6) is 0 Å². The topological polar surface area (TPSA) is 33.2 Å². The van der Waals surface area contributed by atoms with Crippen LogP contribution in [-0.2, 0) is 4.79 Å². The molecule has 0 aliphatic carbocycles. The lowest BCUT2D eigenvalue weighted by Gasteiger charge is -2.23. The highest BCUT2D eigenvalue weighted by Crippen LogP contribution is 2.27. The Kier molecular flexibility index (Phi) is 4.74. The minimum absolute atomic E-state index is 0.0219. The van der Waals surface area contributed by atoms with Crippen LogP contribution in [0.15, 0.2) is 48.7 Å². The van der Waals surface area contributed by atoms with Gasteiger partial charge in [-0.15, -0.1) is 0 Å². The molecule has 0 N–H and O–H groups in total. The summed E-state index contributed by atoms with van der Waals surface area (Å²) >= 11 is 6.05. The Morgan fingerprint density at radius 2 is 1.95 bits per heavy atom. The molecule has 1 aromatic heterocycles. The molecule has 1 atom stereocenters. The number of nitrogens with zero attached hydrogens (tertiary/aromatic N) is 2. The first-order chi connectivity index (χ1) is 9.65. The van der Waals surface area contributed by atoms with Crippen molar-refractivity contribution in [3.63, 3.8) is 0 Å². The van der Waals surface area contributed by atoms with E-state index in [1.807, 2.05) is 37.3 Å². The zero-order chi connectivity index (χ0) is 14.5. The third-order valence-corrected chi connectivity index (χ3v) is 3.63. The second kappa shape index (κ2) is 6.53. The van der Waals surface area contributed by atoms with Crippen LogP contribution in [0.25, 0.3) is 0 Å². The van der Waals surface area contributed by atoms with Gasteiger partial charge in [0.25, 0.3) is 0 Å². The van der Waals surface area contributed by atoms with Gasteiger partial charge in [-0.3, -0.25) is 4.79 Å². The Morgan fingerprint density at radius 3 is 2.55 bits per heavy atom. The number of likely N-dealkylation sites (N-methyl/N-ethyl adjacent to an activating group) is 1. The minimum atomic E-state index is -0.169. The van der Waals surface area contributed by atoms with Crippen LogP contribution in [0.2, 0.25) is 5.15 Å². The lowest BCUT2D eigenvalue weighted by Crippen LogP contribution is -2.31. The molecule has 0 fully saturated rings. The predicted octanol–water partition coefficient (Wildman–Crippen LogP) is 3.89. The van der Waals surface area contributed by atoms with Gasteiger partial charge in [0, 0.05) is 13.2 Å². The highest BCUT2D eigenvalue weighted by Gasteiger charge is 2.24. The van der Waals surface area contributed by atoms with Gasteiger partial charge in [-0.2, -0.15) is 0 Å². The van der Waals surface area contributed by atoms with Crippen LogP contribution >= 0.6 is 11.6 Å². The van der Waals surface area contributed by atoms with Crippen LogP contribution in [0, 0.1) is 0 Å². The van der Waals surface area contributed by atoms with Crippen LogP contribution < -0.4 is 4.90 Å². The number of anilines is 1. The zero-order valence-electron chi connectivity index (χ0n) is 11.6. The third kappa shape index (κ3) is 2.99. The fraction of sp³-hybridized carbons (Fsp3) is 0.250. The molecule has 1 amide bonds. The number of aromatic nitrogens is 1. The number of carbonyl (C=O) groups excluding carboxylic acids is 1. The first-order valence-electron chi connectivity index (χ1n) is 6.58. The Morgan fingerprint density at radius 1 is 1.25 bits per heavy atom. The van der Waals surface area contributed by atoms with Crippen LogP contribution in [0.3, 0.4) is 0 Å². The van der Waals surface area contributed by atoms with Crippen molar-refractivity contribution in [3.8, 4) is 0 Å². The van der Waals surface area contributed by atoms with Gasteiger partial charge in [0.05, 0.1) is 11.6 Å². The number of rotatable bonds is 4. The molecule has 0 saturated heterocycles. The summed E-state index contributed by atoms with van der Waals surface area (Å²) < 4.78 is 0. The summed E-state index contributed by atoms with van der Waals surface area (Å²) in [5.74, 6) is -0.147. The predicted molar refractivity (Wildman–Crippen MR) is 82.1 cm³/mol. The smallest absolute Gasteiger partial charge is 0.234 e. The number of halogens is 1. The molecule has 104 valence electrons. The van der Waals surface area contributed by atoms with E-state index in [-0.39, 0.29) is 11.8 Å². The van der Waals surface area contributed by atoms with Crippen molar-refractivity contribution in [2.75, 3.05) is 11.9 Å². The fourth-order valence-corrected chi connectivity index (χ4v) is 2.46. The third-order valence-electron chi connectivity index (χ3n) is 3.34. The van der Waals surface area contributed by atoms with Gasteiger partial charge in [-0.1, -0.05) is 48.9 Å². The quantitative estimate of drug-likeness (QED) is 0.800. The molecule has 0 bridgehead atoms. The molecule has 0 spiro atoms. The summed E-state index contributed by atoms with van der Waals surface area (Å²) in [5, 5.41) is 0.339. The van der Waals surface area contributed by atoms with Crippen molar-refractivity contribution < 1.29 is 4.79 Å². The monoisotopic (exact) mass is 288 g/mol. The number of hydrogen-bond acceptors (Lipinski definition) is 2. The van der Waals surface area contributed by atoms with Crippen LogP contribution in [0.4, 0.5) is 5.69 Å². The van der Waals surface area contributed by atoms with Crippen molar-refractivity contribution in [1.29, 1.82) is 0 Å². The number of pyridine rings is 1. The molecule has 3 nitrogen and oxygen atoms in total. The van der Waals surface area contributed by atoms with E-state index in [0.717, 1.165) is 12.0 Å². The van der Waals surface area contributed by atoms with Crippen molar-refractivity contribution >= 4 is 23.2 Å². The van der Waals surface area contributed by atoms with Crippen LogP contribution in [-0.4, -0.2) is 17.9 Å². The second-order valence-corrected chi connectivity index (χ2v) is 4.94. The molecule has 1 heterocycles. The van der Waals surface area contributed by atoms with E-state index in [4.69, 9.17) is 11.6 Å². The molecule has 20 heavy (non-hydrogen) atoms. The number of amides is 1. The number of hydrogen-bond donors (Lipinski definition) is 0. The molecule has 1 unspecified atom stereocenters. The van der Waals surface area contributed by atoms with Crippen molar-refractivity contribution in [2.24, 2.45) is 0 Å². The zero-order valence-corrected chi connectivity index (χ0v) is 12.3. The molecule has 1 aromatic carbocycles. The average molecular weight is 289 g/mol. The lowest BCUT2D eigenvalue weighted by atomic mass is 9.95. The standard InChI is InChI=1S/C16H17ClN2O/c1-3-13(12-8-5-4-6-9-12)16(20)19(2)14-10-7-11-18-15(14)17/h4-11,13H,3H2,1-2H3. The van der Waals surface area contributed by atoms with E-state index in [1.165, 1.54) is 0 Å². The Labute approximate surface area is 124 Å². The number of benzene rings is 1. The van der Waals surface area contributed by atoms with Gasteiger partial charge in [0.15, 0.2) is 5.15 Å². The van der Waals surface area contributed by atoms with Crippen molar-refractivity contribution in [1.82, 2.24) is 4.98 Å². The highest BCUT2D eigenvalue weighted by atomic mass is 35.5. The van der Waals surface area contributed by atoms with Crippen molar-refractivity contribution in [2.45, 2.75) is 19.3 Å². The first-order valence-corrected chi connectivity index (χ1v) is 6.96. The number of carbonyl (C=O) groups is 1. The van der Waals surface area contributed by atoms with Gasteiger partial charge in [-0.25, -0.2) is 4.98 Å². The summed E-state index contributed by atoms with van der Waals surface area (Å²) in [6, 6.07) is 13.4. The van der Waals surface area contributed by atoms with Crippen molar-refractivity contribution in [3.05, 3.63) is 59.4 Å². The molecule has 2 rings (SSSR count). The molecule has 4 heteroatoms. The minimum Gasteiger partial charge on any atom is -0.312 e. The SMILES string of the molecule is CCC(C(=O)N(C)c1cccnc1Cl)c1ccccc1. The van der Waals surface area contributed by atoms with Gasteiger partial charge in [0.2, 0.25) is 5.91 Å². The van der Waals surface area contributed by atoms with E-state index in [1.54, 1.807) is 30.3 Å². The largest absolute Gasteiger partial charge is 0.312 e. The van der Waals surface area contributed by atoms with E-state index < -0.39 is 0 Å². The Hall–Kier alpha value is -1.87. The second-order valence-electron chi connectivity index (χ2n) is 4.58. The van der Waals surface area contributed by atoms with Gasteiger partial charge in [-0.05, 0) is 24.1 Å². The van der Waals surface area contributed by atoms with E-state index >= 15 is 0 Å². The normalized spacial score (nSPS) is 11.9. The van der Waals surface area contributed by atoms with E-state index in [0.29, 0.717) is 10.8 Å². The van der Waals surface area contributed by atoms with E-state index in [9.17, 15) is 4.79 Å².